The highest BCUT2D eigenvalue weighted by atomic mass is 16.5. The molecule has 2 aromatic heterocycles. The number of hydrogen-bond donors (Lipinski definition) is 1. The Morgan fingerprint density at radius 2 is 2.23 bits per heavy atom. The van der Waals surface area contributed by atoms with E-state index in [1.807, 2.05) is 23.0 Å². The molecule has 0 saturated carbocycles. The Hall–Kier alpha value is -3.17. The van der Waals surface area contributed by atoms with E-state index in [1.54, 1.807) is 12.4 Å². The molecule has 4 rings (SSSR count). The van der Waals surface area contributed by atoms with Crippen LogP contribution in [-0.2, 0) is 17.7 Å². The molecular formula is C24H27N5O. The SMILES string of the molecule is CCc1cc(C#CCNc2cccnc2)ccc1-c1cn(CC2CCCCO2)nn1. The Labute approximate surface area is 177 Å². The van der Waals surface area contributed by atoms with Crippen molar-refractivity contribution in [3.8, 4) is 23.1 Å². The largest absolute Gasteiger partial charge is 0.376 e. The van der Waals surface area contributed by atoms with E-state index in [1.165, 1.54) is 12.0 Å². The van der Waals surface area contributed by atoms with Gasteiger partial charge in [-0.3, -0.25) is 4.98 Å². The average Bonchev–Trinajstić information content (AvgIpc) is 3.26. The lowest BCUT2D eigenvalue weighted by Gasteiger charge is -2.21. The van der Waals surface area contributed by atoms with Gasteiger partial charge in [-0.1, -0.05) is 30.0 Å². The molecule has 0 radical (unpaired) electrons. The maximum atomic E-state index is 5.82. The molecule has 1 aliphatic rings. The van der Waals surface area contributed by atoms with Crippen LogP contribution in [-0.4, -0.2) is 39.2 Å². The molecule has 6 heteroatoms. The van der Waals surface area contributed by atoms with Crippen LogP contribution in [0.25, 0.3) is 11.3 Å². The second kappa shape index (κ2) is 10.0. The number of ether oxygens (including phenoxy) is 1. The van der Waals surface area contributed by atoms with Crippen molar-refractivity contribution in [2.45, 2.75) is 45.3 Å². The Morgan fingerprint density at radius 1 is 1.27 bits per heavy atom. The summed E-state index contributed by atoms with van der Waals surface area (Å²) in [6.45, 7) is 4.35. The lowest BCUT2D eigenvalue weighted by atomic mass is 10.00. The number of nitrogens with one attached hydrogen (secondary N) is 1. The van der Waals surface area contributed by atoms with Gasteiger partial charge in [-0.15, -0.1) is 5.10 Å². The Kier molecular flexibility index (Phi) is 6.73. The van der Waals surface area contributed by atoms with E-state index >= 15 is 0 Å². The fourth-order valence-electron chi connectivity index (χ4n) is 3.64. The molecule has 1 aliphatic heterocycles. The summed E-state index contributed by atoms with van der Waals surface area (Å²) < 4.78 is 7.73. The minimum absolute atomic E-state index is 0.247. The van der Waals surface area contributed by atoms with Gasteiger partial charge in [0.2, 0.25) is 0 Å². The van der Waals surface area contributed by atoms with Gasteiger partial charge in [-0.05, 0) is 55.5 Å². The summed E-state index contributed by atoms with van der Waals surface area (Å²) in [5, 5.41) is 12.0. The van der Waals surface area contributed by atoms with Gasteiger partial charge in [0.05, 0.1) is 31.1 Å². The molecule has 30 heavy (non-hydrogen) atoms. The molecule has 0 aliphatic carbocycles. The Morgan fingerprint density at radius 3 is 3.03 bits per heavy atom. The van der Waals surface area contributed by atoms with E-state index in [0.29, 0.717) is 6.54 Å². The fraction of sp³-hybridized carbons (Fsp3) is 0.375. The molecule has 0 bridgehead atoms. The first kappa shape index (κ1) is 20.1. The molecular weight excluding hydrogens is 374 g/mol. The third kappa shape index (κ3) is 5.25. The molecule has 1 unspecified atom stereocenters. The van der Waals surface area contributed by atoms with E-state index in [-0.39, 0.29) is 6.10 Å². The Balaban J connectivity index is 1.42. The van der Waals surface area contributed by atoms with Crippen LogP contribution in [0.3, 0.4) is 0 Å². The summed E-state index contributed by atoms with van der Waals surface area (Å²) in [6, 6.07) is 10.2. The number of benzene rings is 1. The predicted octanol–water partition coefficient (Wildman–Crippen LogP) is 3.94. The molecule has 3 aromatic rings. The van der Waals surface area contributed by atoms with Gasteiger partial charge in [0, 0.05) is 30.1 Å². The van der Waals surface area contributed by atoms with Gasteiger partial charge in [-0.2, -0.15) is 0 Å². The Bertz CT molecular complexity index is 1010. The summed E-state index contributed by atoms with van der Waals surface area (Å²) >= 11 is 0. The van der Waals surface area contributed by atoms with E-state index in [9.17, 15) is 0 Å². The fourth-order valence-corrected chi connectivity index (χ4v) is 3.64. The summed E-state index contributed by atoms with van der Waals surface area (Å²) in [6.07, 6.45) is 10.2. The second-order valence-corrected chi connectivity index (χ2v) is 7.44. The maximum Gasteiger partial charge on any atom is 0.113 e. The van der Waals surface area contributed by atoms with Crippen molar-refractivity contribution >= 4 is 5.69 Å². The third-order valence-electron chi connectivity index (χ3n) is 5.24. The number of hydrogen-bond acceptors (Lipinski definition) is 5. The zero-order valence-electron chi connectivity index (χ0n) is 17.3. The van der Waals surface area contributed by atoms with E-state index in [2.05, 4.69) is 57.6 Å². The van der Waals surface area contributed by atoms with Crippen LogP contribution < -0.4 is 5.32 Å². The molecule has 1 aromatic carbocycles. The predicted molar refractivity (Wildman–Crippen MR) is 118 cm³/mol. The van der Waals surface area contributed by atoms with Crippen molar-refractivity contribution in [3.05, 3.63) is 60.0 Å². The molecule has 0 amide bonds. The summed E-state index contributed by atoms with van der Waals surface area (Å²) in [5.41, 5.74) is 5.22. The standard InChI is InChI=1S/C24H27N5O/c1-2-20-15-19(7-5-13-26-21-8-6-12-25-16-21)10-11-23(20)24-18-29(28-27-24)17-22-9-3-4-14-30-22/h6,8,10-12,15-16,18,22,26H,2-4,9,13-14,17H2,1H3. The lowest BCUT2D eigenvalue weighted by Crippen LogP contribution is -2.24. The van der Waals surface area contributed by atoms with E-state index in [4.69, 9.17) is 4.74 Å². The van der Waals surface area contributed by atoms with Gasteiger partial charge >= 0.3 is 0 Å². The zero-order valence-corrected chi connectivity index (χ0v) is 17.3. The molecule has 6 nitrogen and oxygen atoms in total. The second-order valence-electron chi connectivity index (χ2n) is 7.44. The number of pyridine rings is 1. The van der Waals surface area contributed by atoms with Gasteiger partial charge in [0.25, 0.3) is 0 Å². The van der Waals surface area contributed by atoms with Crippen LogP contribution in [0.5, 0.6) is 0 Å². The third-order valence-corrected chi connectivity index (χ3v) is 5.24. The minimum Gasteiger partial charge on any atom is -0.376 e. The highest BCUT2D eigenvalue weighted by Gasteiger charge is 2.16. The van der Waals surface area contributed by atoms with Crippen molar-refractivity contribution in [2.24, 2.45) is 0 Å². The van der Waals surface area contributed by atoms with Gasteiger partial charge in [-0.25, -0.2) is 4.68 Å². The summed E-state index contributed by atoms with van der Waals surface area (Å²) in [7, 11) is 0. The van der Waals surface area contributed by atoms with Gasteiger partial charge in [0.15, 0.2) is 0 Å². The molecule has 1 N–H and O–H groups in total. The first-order chi connectivity index (χ1) is 14.8. The van der Waals surface area contributed by atoms with Crippen LogP contribution in [0.15, 0.2) is 48.9 Å². The highest BCUT2D eigenvalue weighted by Crippen LogP contribution is 2.24. The number of rotatable bonds is 6. The molecule has 0 spiro atoms. The van der Waals surface area contributed by atoms with Crippen molar-refractivity contribution < 1.29 is 4.74 Å². The van der Waals surface area contributed by atoms with Crippen LogP contribution in [0, 0.1) is 11.8 Å². The van der Waals surface area contributed by atoms with Gasteiger partial charge < -0.3 is 10.1 Å². The summed E-state index contributed by atoms with van der Waals surface area (Å²) in [5.74, 6) is 6.41. The van der Waals surface area contributed by atoms with Crippen molar-refractivity contribution in [2.75, 3.05) is 18.5 Å². The van der Waals surface area contributed by atoms with Crippen LogP contribution >= 0.6 is 0 Å². The molecule has 1 saturated heterocycles. The molecule has 3 heterocycles. The normalized spacial score (nSPS) is 16.0. The molecule has 1 fully saturated rings. The van der Waals surface area contributed by atoms with Crippen LogP contribution in [0.2, 0.25) is 0 Å². The number of nitrogens with zero attached hydrogens (tertiary/aromatic N) is 4. The monoisotopic (exact) mass is 401 g/mol. The van der Waals surface area contributed by atoms with Crippen molar-refractivity contribution in [1.29, 1.82) is 0 Å². The first-order valence-electron chi connectivity index (χ1n) is 10.6. The van der Waals surface area contributed by atoms with Crippen molar-refractivity contribution in [1.82, 2.24) is 20.0 Å². The van der Waals surface area contributed by atoms with E-state index < -0.39 is 0 Å². The number of aromatic nitrogens is 4. The smallest absolute Gasteiger partial charge is 0.113 e. The van der Waals surface area contributed by atoms with Crippen LogP contribution in [0.4, 0.5) is 5.69 Å². The molecule has 1 atom stereocenters. The average molecular weight is 402 g/mol. The first-order valence-corrected chi connectivity index (χ1v) is 10.6. The maximum absolute atomic E-state index is 5.82. The van der Waals surface area contributed by atoms with Gasteiger partial charge in [0.1, 0.15) is 5.69 Å². The molecule has 154 valence electrons. The van der Waals surface area contributed by atoms with Crippen molar-refractivity contribution in [3.63, 3.8) is 0 Å². The zero-order chi connectivity index (χ0) is 20.6. The summed E-state index contributed by atoms with van der Waals surface area (Å²) in [4.78, 5) is 4.09. The van der Waals surface area contributed by atoms with E-state index in [0.717, 1.165) is 54.9 Å². The topological polar surface area (TPSA) is 64.9 Å². The highest BCUT2D eigenvalue weighted by molar-refractivity contribution is 5.64. The number of aryl methyl sites for hydroxylation is 1. The number of anilines is 1. The quantitative estimate of drug-likeness (QED) is 0.634. The minimum atomic E-state index is 0.247. The lowest BCUT2D eigenvalue weighted by molar-refractivity contribution is 0.00370. The van der Waals surface area contributed by atoms with Crippen LogP contribution in [0.1, 0.15) is 37.3 Å².